The van der Waals surface area contributed by atoms with Gasteiger partial charge in [-0.1, -0.05) is 17.7 Å². The molecule has 2 atom stereocenters. The van der Waals surface area contributed by atoms with Crippen molar-refractivity contribution in [2.75, 3.05) is 18.9 Å². The fraction of sp³-hybridized carbons (Fsp3) is 0.455. The summed E-state index contributed by atoms with van der Waals surface area (Å²) < 4.78 is 5.86. The van der Waals surface area contributed by atoms with Crippen molar-refractivity contribution in [3.8, 4) is 5.75 Å². The number of halogens is 1. The minimum Gasteiger partial charge on any atom is -0.483 e. The number of nitrogens with one attached hydrogen (secondary N) is 2. The summed E-state index contributed by atoms with van der Waals surface area (Å²) in [5.74, 6) is 0.762. The van der Waals surface area contributed by atoms with Gasteiger partial charge in [-0.15, -0.1) is 0 Å². The standard InChI is InChI=1S/C11H15ClN2O/c1-7-10(6-13-2)15-11-8(12)4-3-5-9(11)14-7/h3-5,7,10,13-14H,6H2,1-2H3. The summed E-state index contributed by atoms with van der Waals surface area (Å²) in [5.41, 5.74) is 0.974. The van der Waals surface area contributed by atoms with E-state index in [0.717, 1.165) is 18.0 Å². The highest BCUT2D eigenvalue weighted by molar-refractivity contribution is 6.32. The molecular weight excluding hydrogens is 212 g/mol. The molecular formula is C11H15ClN2O. The molecule has 1 aromatic rings. The quantitative estimate of drug-likeness (QED) is 0.811. The van der Waals surface area contributed by atoms with Crippen molar-refractivity contribution < 1.29 is 4.74 Å². The average molecular weight is 227 g/mol. The maximum absolute atomic E-state index is 6.07. The molecule has 0 saturated heterocycles. The number of para-hydroxylation sites is 1. The van der Waals surface area contributed by atoms with E-state index in [0.29, 0.717) is 5.02 Å². The second-order valence-electron chi connectivity index (χ2n) is 3.76. The van der Waals surface area contributed by atoms with Crippen LogP contribution in [-0.4, -0.2) is 25.7 Å². The minimum absolute atomic E-state index is 0.113. The van der Waals surface area contributed by atoms with E-state index in [1.165, 1.54) is 0 Å². The molecule has 3 nitrogen and oxygen atoms in total. The fourth-order valence-electron chi connectivity index (χ4n) is 1.75. The molecule has 2 unspecified atom stereocenters. The molecule has 2 rings (SSSR count). The van der Waals surface area contributed by atoms with Gasteiger partial charge in [-0.05, 0) is 26.1 Å². The Morgan fingerprint density at radius 1 is 1.53 bits per heavy atom. The van der Waals surface area contributed by atoms with Crippen molar-refractivity contribution in [2.24, 2.45) is 0 Å². The lowest BCUT2D eigenvalue weighted by Crippen LogP contribution is -2.45. The summed E-state index contributed by atoms with van der Waals surface area (Å²) >= 11 is 6.07. The second kappa shape index (κ2) is 4.29. The highest BCUT2D eigenvalue weighted by Gasteiger charge is 2.26. The fourth-order valence-corrected chi connectivity index (χ4v) is 1.97. The van der Waals surface area contributed by atoms with Gasteiger partial charge in [0.25, 0.3) is 0 Å². The number of anilines is 1. The summed E-state index contributed by atoms with van der Waals surface area (Å²) in [5, 5.41) is 7.16. The largest absolute Gasteiger partial charge is 0.483 e. The van der Waals surface area contributed by atoms with Crippen LogP contribution in [0.5, 0.6) is 5.75 Å². The van der Waals surface area contributed by atoms with Crippen LogP contribution in [0.2, 0.25) is 5.02 Å². The third kappa shape index (κ3) is 2.03. The van der Waals surface area contributed by atoms with Crippen LogP contribution in [0.3, 0.4) is 0 Å². The highest BCUT2D eigenvalue weighted by atomic mass is 35.5. The molecule has 0 aliphatic carbocycles. The monoisotopic (exact) mass is 226 g/mol. The molecule has 0 bridgehead atoms. The first kappa shape index (κ1) is 10.6. The molecule has 82 valence electrons. The molecule has 4 heteroatoms. The van der Waals surface area contributed by atoms with Gasteiger partial charge in [0.1, 0.15) is 6.10 Å². The number of likely N-dealkylation sites (N-methyl/N-ethyl adjacent to an activating group) is 1. The van der Waals surface area contributed by atoms with Crippen molar-refractivity contribution in [1.82, 2.24) is 5.32 Å². The number of benzene rings is 1. The number of hydrogen-bond acceptors (Lipinski definition) is 3. The maximum atomic E-state index is 6.07. The van der Waals surface area contributed by atoms with Gasteiger partial charge >= 0.3 is 0 Å². The lowest BCUT2D eigenvalue weighted by atomic mass is 10.1. The highest BCUT2D eigenvalue weighted by Crippen LogP contribution is 2.37. The molecule has 0 amide bonds. The zero-order valence-electron chi connectivity index (χ0n) is 8.88. The molecule has 1 heterocycles. The van der Waals surface area contributed by atoms with Gasteiger partial charge < -0.3 is 15.4 Å². The molecule has 15 heavy (non-hydrogen) atoms. The Kier molecular flexibility index (Phi) is 3.03. The molecule has 1 aliphatic rings. The van der Waals surface area contributed by atoms with E-state index in [2.05, 4.69) is 17.6 Å². The smallest absolute Gasteiger partial charge is 0.161 e. The van der Waals surface area contributed by atoms with Crippen LogP contribution < -0.4 is 15.4 Å². The van der Waals surface area contributed by atoms with Crippen LogP contribution in [0.4, 0.5) is 5.69 Å². The van der Waals surface area contributed by atoms with E-state index in [1.807, 2.05) is 25.2 Å². The van der Waals surface area contributed by atoms with E-state index in [1.54, 1.807) is 0 Å². The summed E-state index contributed by atoms with van der Waals surface area (Å²) in [6.07, 6.45) is 0.113. The van der Waals surface area contributed by atoms with Crippen LogP contribution in [0, 0.1) is 0 Å². The third-order valence-electron chi connectivity index (χ3n) is 2.58. The number of hydrogen-bond donors (Lipinski definition) is 2. The number of fused-ring (bicyclic) bond motifs is 1. The van der Waals surface area contributed by atoms with E-state index in [9.17, 15) is 0 Å². The Bertz CT molecular complexity index is 356. The zero-order chi connectivity index (χ0) is 10.8. The lowest BCUT2D eigenvalue weighted by Gasteiger charge is -2.33. The van der Waals surface area contributed by atoms with Gasteiger partial charge in [0.05, 0.1) is 16.8 Å². The molecule has 1 aliphatic heterocycles. The Labute approximate surface area is 94.8 Å². The second-order valence-corrected chi connectivity index (χ2v) is 4.17. The summed E-state index contributed by atoms with van der Waals surface area (Å²) in [6.45, 7) is 2.91. The van der Waals surface area contributed by atoms with Crippen molar-refractivity contribution in [1.29, 1.82) is 0 Å². The summed E-state index contributed by atoms with van der Waals surface area (Å²) in [7, 11) is 1.91. The van der Waals surface area contributed by atoms with Crippen molar-refractivity contribution in [2.45, 2.75) is 19.1 Å². The predicted octanol–water partition coefficient (Wildman–Crippen LogP) is 2.12. The molecule has 1 aromatic carbocycles. The van der Waals surface area contributed by atoms with E-state index in [4.69, 9.17) is 16.3 Å². The van der Waals surface area contributed by atoms with Gasteiger partial charge in [-0.25, -0.2) is 0 Å². The summed E-state index contributed by atoms with van der Waals surface area (Å²) in [6, 6.07) is 6.02. The van der Waals surface area contributed by atoms with Gasteiger partial charge in [-0.3, -0.25) is 0 Å². The molecule has 0 radical (unpaired) electrons. The van der Waals surface area contributed by atoms with E-state index < -0.39 is 0 Å². The Morgan fingerprint density at radius 3 is 3.07 bits per heavy atom. The van der Waals surface area contributed by atoms with Crippen molar-refractivity contribution in [3.63, 3.8) is 0 Å². The van der Waals surface area contributed by atoms with E-state index in [-0.39, 0.29) is 12.1 Å². The van der Waals surface area contributed by atoms with Crippen molar-refractivity contribution >= 4 is 17.3 Å². The molecule has 0 saturated carbocycles. The van der Waals surface area contributed by atoms with Crippen LogP contribution in [0.25, 0.3) is 0 Å². The molecule has 0 aromatic heterocycles. The van der Waals surface area contributed by atoms with Crippen LogP contribution in [0.15, 0.2) is 18.2 Å². The van der Waals surface area contributed by atoms with Gasteiger partial charge in [-0.2, -0.15) is 0 Å². The Balaban J connectivity index is 2.26. The van der Waals surface area contributed by atoms with Crippen LogP contribution >= 0.6 is 11.6 Å². The van der Waals surface area contributed by atoms with Crippen LogP contribution in [0.1, 0.15) is 6.92 Å². The van der Waals surface area contributed by atoms with Gasteiger partial charge in [0, 0.05) is 6.54 Å². The molecule has 0 fully saturated rings. The normalized spacial score (nSPS) is 23.9. The maximum Gasteiger partial charge on any atom is 0.161 e. The van der Waals surface area contributed by atoms with Gasteiger partial charge in [0.15, 0.2) is 5.75 Å². The predicted molar refractivity (Wildman–Crippen MR) is 62.9 cm³/mol. The Hall–Kier alpha value is -0.930. The third-order valence-corrected chi connectivity index (χ3v) is 2.88. The first-order valence-electron chi connectivity index (χ1n) is 5.08. The van der Waals surface area contributed by atoms with Crippen LogP contribution in [-0.2, 0) is 0 Å². The molecule has 0 spiro atoms. The SMILES string of the molecule is CNCC1Oc2c(Cl)cccc2NC1C. The van der Waals surface area contributed by atoms with Crippen molar-refractivity contribution in [3.05, 3.63) is 23.2 Å². The number of ether oxygens (including phenoxy) is 1. The first-order chi connectivity index (χ1) is 7.22. The summed E-state index contributed by atoms with van der Waals surface area (Å²) in [4.78, 5) is 0. The minimum atomic E-state index is 0.113. The van der Waals surface area contributed by atoms with E-state index >= 15 is 0 Å². The number of rotatable bonds is 2. The average Bonchev–Trinajstić information content (AvgIpc) is 2.21. The zero-order valence-corrected chi connectivity index (χ0v) is 9.64. The lowest BCUT2D eigenvalue weighted by molar-refractivity contribution is 0.174. The first-order valence-corrected chi connectivity index (χ1v) is 5.46. The molecule has 2 N–H and O–H groups in total. The Morgan fingerprint density at radius 2 is 2.33 bits per heavy atom. The topological polar surface area (TPSA) is 33.3 Å². The van der Waals surface area contributed by atoms with Gasteiger partial charge in [0.2, 0.25) is 0 Å².